The number of aryl methyl sites for hydroxylation is 1. The number of nitrogens with one attached hydrogen (secondary N) is 1. The predicted molar refractivity (Wildman–Crippen MR) is 88.1 cm³/mol. The average Bonchev–Trinajstić information content (AvgIpc) is 2.87. The third-order valence-electron chi connectivity index (χ3n) is 5.09. The van der Waals surface area contributed by atoms with Crippen LogP contribution in [0.1, 0.15) is 50.5 Å². The number of amides is 1. The minimum Gasteiger partial charge on any atom is -0.341 e. The van der Waals surface area contributed by atoms with Gasteiger partial charge in [0.15, 0.2) is 0 Å². The molecule has 1 amide bonds. The van der Waals surface area contributed by atoms with Crippen molar-refractivity contribution >= 4 is 5.91 Å². The fourth-order valence-electron chi connectivity index (χ4n) is 4.16. The lowest BCUT2D eigenvalue weighted by Crippen LogP contribution is -2.59. The number of aromatic nitrogens is 2. The van der Waals surface area contributed by atoms with E-state index in [1.165, 1.54) is 0 Å². The molecule has 6 nitrogen and oxygen atoms in total. The third-order valence-corrected chi connectivity index (χ3v) is 5.09. The van der Waals surface area contributed by atoms with Gasteiger partial charge in [0, 0.05) is 25.7 Å². The zero-order valence-electron chi connectivity index (χ0n) is 14.1. The molecule has 1 N–H and O–H groups in total. The van der Waals surface area contributed by atoms with E-state index in [-0.39, 0.29) is 17.0 Å². The van der Waals surface area contributed by atoms with Crippen LogP contribution in [-0.2, 0) is 11.3 Å². The minimum atomic E-state index is -0.369. The lowest BCUT2D eigenvalue weighted by Gasteiger charge is -2.44. The van der Waals surface area contributed by atoms with E-state index < -0.39 is 0 Å². The summed E-state index contributed by atoms with van der Waals surface area (Å²) in [7, 11) is 0. The summed E-state index contributed by atoms with van der Waals surface area (Å²) in [6.45, 7) is 7.11. The van der Waals surface area contributed by atoms with Crippen LogP contribution in [0.5, 0.6) is 0 Å². The van der Waals surface area contributed by atoms with Crippen LogP contribution in [0.25, 0.3) is 0 Å². The maximum absolute atomic E-state index is 13.1. The first-order valence-corrected chi connectivity index (χ1v) is 8.66. The Kier molecular flexibility index (Phi) is 4.53. The lowest BCUT2D eigenvalue weighted by atomic mass is 9.85. The monoisotopic (exact) mass is 318 g/mol. The zero-order chi connectivity index (χ0) is 16.4. The summed E-state index contributed by atoms with van der Waals surface area (Å²) in [6.07, 6.45) is 4.94. The Morgan fingerprint density at radius 2 is 2.00 bits per heavy atom. The smallest absolute Gasteiger partial charge is 0.251 e. The fourth-order valence-corrected chi connectivity index (χ4v) is 4.16. The molecule has 1 unspecified atom stereocenters. The van der Waals surface area contributed by atoms with E-state index in [2.05, 4.69) is 21.8 Å². The van der Waals surface area contributed by atoms with Gasteiger partial charge in [-0.25, -0.2) is 4.98 Å². The molecule has 0 aliphatic carbocycles. The van der Waals surface area contributed by atoms with E-state index in [9.17, 15) is 9.59 Å². The minimum absolute atomic E-state index is 0.122. The Bertz CT molecular complexity index is 640. The van der Waals surface area contributed by atoms with Crippen LogP contribution in [0, 0.1) is 6.92 Å². The number of carbonyl (C=O) groups excluding carboxylic acids is 1. The fraction of sp³-hybridized carbons (Fsp3) is 0.706. The number of nitrogens with zero attached hydrogens (tertiary/aromatic N) is 3. The SMILES string of the molecule is CCCN1CCCC2(CCCN2Cc2cc(=O)[nH]c(C)n2)C1=O. The number of H-pyrrole nitrogens is 1. The summed E-state index contributed by atoms with van der Waals surface area (Å²) in [4.78, 5) is 36.1. The van der Waals surface area contributed by atoms with Crippen molar-refractivity contribution in [2.45, 2.75) is 58.0 Å². The van der Waals surface area contributed by atoms with Gasteiger partial charge in [0.25, 0.3) is 5.56 Å². The normalized spacial score (nSPS) is 25.5. The van der Waals surface area contributed by atoms with Crippen LogP contribution in [0.2, 0.25) is 0 Å². The Hall–Kier alpha value is -1.69. The van der Waals surface area contributed by atoms with Gasteiger partial charge in [-0.1, -0.05) is 6.92 Å². The Morgan fingerprint density at radius 1 is 1.26 bits per heavy atom. The van der Waals surface area contributed by atoms with Gasteiger partial charge in [-0.05, 0) is 45.6 Å². The van der Waals surface area contributed by atoms with Gasteiger partial charge in [0.05, 0.1) is 5.69 Å². The van der Waals surface area contributed by atoms with Crippen LogP contribution in [0.15, 0.2) is 10.9 Å². The highest BCUT2D eigenvalue weighted by Crippen LogP contribution is 2.39. The topological polar surface area (TPSA) is 69.3 Å². The molecule has 1 aromatic heterocycles. The highest BCUT2D eigenvalue weighted by atomic mass is 16.2. The molecule has 1 aromatic rings. The molecule has 2 aliphatic rings. The lowest BCUT2D eigenvalue weighted by molar-refractivity contribution is -0.147. The van der Waals surface area contributed by atoms with E-state index in [4.69, 9.17) is 0 Å². The summed E-state index contributed by atoms with van der Waals surface area (Å²) < 4.78 is 0. The second-order valence-electron chi connectivity index (χ2n) is 6.77. The van der Waals surface area contributed by atoms with Crippen LogP contribution in [0.4, 0.5) is 0 Å². The molecule has 0 radical (unpaired) electrons. The summed E-state index contributed by atoms with van der Waals surface area (Å²) in [5, 5.41) is 0. The number of aromatic amines is 1. The first-order valence-electron chi connectivity index (χ1n) is 8.66. The summed E-state index contributed by atoms with van der Waals surface area (Å²) in [5.74, 6) is 0.910. The van der Waals surface area contributed by atoms with Crippen molar-refractivity contribution in [3.8, 4) is 0 Å². The molecule has 2 fully saturated rings. The molecule has 1 spiro atoms. The molecule has 2 saturated heterocycles. The molecule has 3 heterocycles. The van der Waals surface area contributed by atoms with E-state index in [0.717, 1.165) is 57.4 Å². The number of hydrogen-bond donors (Lipinski definition) is 1. The highest BCUT2D eigenvalue weighted by molar-refractivity contribution is 5.87. The van der Waals surface area contributed by atoms with Crippen LogP contribution >= 0.6 is 0 Å². The first kappa shape index (κ1) is 16.2. The number of carbonyl (C=O) groups is 1. The van der Waals surface area contributed by atoms with Crippen molar-refractivity contribution in [1.29, 1.82) is 0 Å². The van der Waals surface area contributed by atoms with Gasteiger partial charge in [0.1, 0.15) is 11.4 Å². The van der Waals surface area contributed by atoms with E-state index >= 15 is 0 Å². The van der Waals surface area contributed by atoms with Gasteiger partial charge in [-0.2, -0.15) is 0 Å². The van der Waals surface area contributed by atoms with E-state index in [1.807, 2.05) is 4.90 Å². The van der Waals surface area contributed by atoms with Gasteiger partial charge >= 0.3 is 0 Å². The molecular weight excluding hydrogens is 292 g/mol. The molecule has 23 heavy (non-hydrogen) atoms. The summed E-state index contributed by atoms with van der Waals surface area (Å²) in [6, 6.07) is 1.55. The number of likely N-dealkylation sites (tertiary alicyclic amines) is 2. The highest BCUT2D eigenvalue weighted by Gasteiger charge is 2.50. The van der Waals surface area contributed by atoms with Crippen molar-refractivity contribution in [3.05, 3.63) is 27.9 Å². The van der Waals surface area contributed by atoms with Crippen LogP contribution < -0.4 is 5.56 Å². The summed E-state index contributed by atoms with van der Waals surface area (Å²) >= 11 is 0. The van der Waals surface area contributed by atoms with Crippen molar-refractivity contribution in [1.82, 2.24) is 19.8 Å². The average molecular weight is 318 g/mol. The molecule has 0 aromatic carbocycles. The second kappa shape index (κ2) is 6.43. The van der Waals surface area contributed by atoms with Crippen molar-refractivity contribution in [2.75, 3.05) is 19.6 Å². The Morgan fingerprint density at radius 3 is 2.70 bits per heavy atom. The molecule has 0 saturated carbocycles. The van der Waals surface area contributed by atoms with Gasteiger partial charge in [-0.3, -0.25) is 14.5 Å². The molecule has 0 bridgehead atoms. The maximum atomic E-state index is 13.1. The van der Waals surface area contributed by atoms with Crippen molar-refractivity contribution in [3.63, 3.8) is 0 Å². The molecule has 3 rings (SSSR count). The van der Waals surface area contributed by atoms with Crippen LogP contribution in [0.3, 0.4) is 0 Å². The van der Waals surface area contributed by atoms with Gasteiger partial charge in [-0.15, -0.1) is 0 Å². The van der Waals surface area contributed by atoms with E-state index in [1.54, 1.807) is 13.0 Å². The molecule has 1 atom stereocenters. The molecule has 2 aliphatic heterocycles. The molecular formula is C17H26N4O2. The van der Waals surface area contributed by atoms with Crippen LogP contribution in [-0.4, -0.2) is 50.8 Å². The summed E-state index contributed by atoms with van der Waals surface area (Å²) in [5.41, 5.74) is 0.266. The largest absolute Gasteiger partial charge is 0.341 e. The van der Waals surface area contributed by atoms with Crippen molar-refractivity contribution < 1.29 is 4.79 Å². The quantitative estimate of drug-likeness (QED) is 0.912. The second-order valence-corrected chi connectivity index (χ2v) is 6.77. The molecule has 126 valence electrons. The standard InChI is InChI=1S/C17H26N4O2/c1-3-8-20-9-4-6-17(16(20)23)7-5-10-21(17)12-14-11-15(22)19-13(2)18-14/h11H,3-10,12H2,1-2H3,(H,18,19,22). The van der Waals surface area contributed by atoms with Crippen molar-refractivity contribution in [2.24, 2.45) is 0 Å². The third kappa shape index (κ3) is 3.04. The Labute approximate surface area is 136 Å². The number of piperidine rings is 1. The zero-order valence-corrected chi connectivity index (χ0v) is 14.1. The van der Waals surface area contributed by atoms with Gasteiger partial charge in [0.2, 0.25) is 5.91 Å². The number of hydrogen-bond acceptors (Lipinski definition) is 4. The Balaban J connectivity index is 1.84. The maximum Gasteiger partial charge on any atom is 0.251 e. The van der Waals surface area contributed by atoms with E-state index in [0.29, 0.717) is 12.4 Å². The number of rotatable bonds is 4. The first-order chi connectivity index (χ1) is 11.0. The molecule has 6 heteroatoms. The van der Waals surface area contributed by atoms with Gasteiger partial charge < -0.3 is 9.88 Å². The predicted octanol–water partition coefficient (Wildman–Crippen LogP) is 1.45.